The smallest absolute Gasteiger partial charge is 0.172 e. The molecule has 0 saturated heterocycles. The number of nitrogens with one attached hydrogen (secondary N) is 1. The summed E-state index contributed by atoms with van der Waals surface area (Å²) in [6.07, 6.45) is 6.28. The van der Waals surface area contributed by atoms with E-state index in [4.69, 9.17) is 0 Å². The lowest BCUT2D eigenvalue weighted by Gasteiger charge is -2.11. The van der Waals surface area contributed by atoms with E-state index in [1.54, 1.807) is 0 Å². The van der Waals surface area contributed by atoms with Crippen LogP contribution in [-0.2, 0) is 0 Å². The number of H-pyrrole nitrogens is 1. The van der Waals surface area contributed by atoms with Crippen LogP contribution in [0.4, 0.5) is 0 Å². The van der Waals surface area contributed by atoms with Crippen molar-refractivity contribution in [3.8, 4) is 0 Å². The van der Waals surface area contributed by atoms with E-state index in [-0.39, 0.29) is 0 Å². The Kier molecular flexibility index (Phi) is 2.71. The van der Waals surface area contributed by atoms with Crippen LogP contribution in [0.15, 0.2) is 48.5 Å². The van der Waals surface area contributed by atoms with Crippen molar-refractivity contribution in [2.24, 2.45) is 0 Å². The average molecular weight is 272 g/mol. The summed E-state index contributed by atoms with van der Waals surface area (Å²) in [5, 5.41) is 14.1. The van der Waals surface area contributed by atoms with Gasteiger partial charge in [-0.15, -0.1) is 5.10 Å². The van der Waals surface area contributed by atoms with E-state index in [0.29, 0.717) is 5.82 Å². The molecule has 0 unspecified atom stereocenters. The second-order valence-corrected chi connectivity index (χ2v) is 4.85. The molecule has 0 amide bonds. The molecule has 0 saturated carbocycles. The van der Waals surface area contributed by atoms with E-state index in [1.165, 1.54) is 22.3 Å². The van der Waals surface area contributed by atoms with Gasteiger partial charge >= 0.3 is 0 Å². The molecule has 0 atom stereocenters. The molecular formula is C17H12N4. The molecule has 0 spiro atoms. The molecule has 0 fully saturated rings. The van der Waals surface area contributed by atoms with Gasteiger partial charge in [0.05, 0.1) is 0 Å². The first-order valence-corrected chi connectivity index (χ1v) is 6.74. The van der Waals surface area contributed by atoms with Gasteiger partial charge in [0.25, 0.3) is 0 Å². The lowest BCUT2D eigenvalue weighted by atomic mass is 9.93. The van der Waals surface area contributed by atoms with E-state index in [2.05, 4.69) is 57.0 Å². The Bertz CT molecular complexity index is 793. The highest BCUT2D eigenvalue weighted by atomic mass is 15.5. The molecule has 4 nitrogen and oxygen atoms in total. The summed E-state index contributed by atoms with van der Waals surface area (Å²) in [4.78, 5) is 0. The Morgan fingerprint density at radius 1 is 0.810 bits per heavy atom. The Labute approximate surface area is 121 Å². The highest BCUT2D eigenvalue weighted by Crippen LogP contribution is 2.34. The van der Waals surface area contributed by atoms with Crippen LogP contribution in [0.2, 0.25) is 0 Å². The molecule has 21 heavy (non-hydrogen) atoms. The second-order valence-electron chi connectivity index (χ2n) is 4.85. The zero-order chi connectivity index (χ0) is 14.1. The van der Waals surface area contributed by atoms with Crippen molar-refractivity contribution >= 4 is 23.8 Å². The molecule has 1 aliphatic carbocycles. The molecule has 2 aromatic carbocycles. The first kappa shape index (κ1) is 11.8. The van der Waals surface area contributed by atoms with Crippen molar-refractivity contribution < 1.29 is 0 Å². The summed E-state index contributed by atoms with van der Waals surface area (Å²) < 4.78 is 0. The van der Waals surface area contributed by atoms with Crippen molar-refractivity contribution in [3.05, 3.63) is 76.6 Å². The van der Waals surface area contributed by atoms with Crippen LogP contribution in [0.3, 0.4) is 0 Å². The molecule has 1 N–H and O–H groups in total. The maximum Gasteiger partial charge on any atom is 0.172 e. The van der Waals surface area contributed by atoms with Gasteiger partial charge in [0.1, 0.15) is 0 Å². The monoisotopic (exact) mass is 272 g/mol. The van der Waals surface area contributed by atoms with Gasteiger partial charge in [-0.05, 0) is 44.3 Å². The van der Waals surface area contributed by atoms with Crippen LogP contribution in [0.5, 0.6) is 0 Å². The Balaban J connectivity index is 2.02. The van der Waals surface area contributed by atoms with Crippen molar-refractivity contribution in [1.29, 1.82) is 0 Å². The van der Waals surface area contributed by atoms with Gasteiger partial charge in [0.15, 0.2) is 5.82 Å². The third-order valence-corrected chi connectivity index (χ3v) is 3.59. The van der Waals surface area contributed by atoms with Gasteiger partial charge < -0.3 is 0 Å². The first-order valence-electron chi connectivity index (χ1n) is 6.74. The van der Waals surface area contributed by atoms with Crippen molar-refractivity contribution in [3.63, 3.8) is 0 Å². The summed E-state index contributed by atoms with van der Waals surface area (Å²) in [5.74, 6) is 0.650. The maximum atomic E-state index is 3.97. The van der Waals surface area contributed by atoms with Crippen LogP contribution in [0.25, 0.3) is 23.8 Å². The second kappa shape index (κ2) is 4.83. The molecule has 0 radical (unpaired) electrons. The average Bonchev–Trinajstić information content (AvgIpc) is 2.99. The number of hydrogen-bond acceptors (Lipinski definition) is 3. The number of hydrogen-bond donors (Lipinski definition) is 1. The normalized spacial score (nSPS) is 12.5. The van der Waals surface area contributed by atoms with Crippen LogP contribution in [0, 0.1) is 0 Å². The van der Waals surface area contributed by atoms with Gasteiger partial charge in [-0.3, -0.25) is 0 Å². The fourth-order valence-corrected chi connectivity index (χ4v) is 2.62. The molecule has 1 aliphatic rings. The standard InChI is InChI=1S/C17H12N4/c1-3-7-14-12(5-1)9-10-13-6-2-4-8-15(13)16(14)11-17-18-20-21-19-17/h1-11H,(H,18,19,20,21). The SMILES string of the molecule is C1=Cc2ccccc2C(=Cc2nnn[nH]2)c2ccccc21. The van der Waals surface area contributed by atoms with Crippen LogP contribution in [0.1, 0.15) is 28.1 Å². The van der Waals surface area contributed by atoms with Gasteiger partial charge in [0, 0.05) is 0 Å². The zero-order valence-electron chi connectivity index (χ0n) is 11.2. The fourth-order valence-electron chi connectivity index (χ4n) is 2.62. The minimum atomic E-state index is 0.650. The third-order valence-electron chi connectivity index (χ3n) is 3.59. The Hall–Kier alpha value is -3.01. The summed E-state index contributed by atoms with van der Waals surface area (Å²) in [6, 6.07) is 16.7. The minimum absolute atomic E-state index is 0.650. The van der Waals surface area contributed by atoms with Gasteiger partial charge in [-0.1, -0.05) is 60.7 Å². The minimum Gasteiger partial charge on any atom is -0.239 e. The van der Waals surface area contributed by atoms with E-state index in [9.17, 15) is 0 Å². The third kappa shape index (κ3) is 2.07. The molecule has 4 rings (SSSR count). The highest BCUT2D eigenvalue weighted by molar-refractivity contribution is 5.99. The lowest BCUT2D eigenvalue weighted by molar-refractivity contribution is 0.881. The Morgan fingerprint density at radius 2 is 1.43 bits per heavy atom. The molecule has 0 aliphatic heterocycles. The van der Waals surface area contributed by atoms with Crippen molar-refractivity contribution in [1.82, 2.24) is 20.6 Å². The maximum absolute atomic E-state index is 3.97. The van der Waals surface area contributed by atoms with Gasteiger partial charge in [0.2, 0.25) is 0 Å². The summed E-state index contributed by atoms with van der Waals surface area (Å²) in [7, 11) is 0. The predicted molar refractivity (Wildman–Crippen MR) is 83.0 cm³/mol. The Morgan fingerprint density at radius 3 is 2.00 bits per heavy atom. The highest BCUT2D eigenvalue weighted by Gasteiger charge is 2.14. The largest absolute Gasteiger partial charge is 0.239 e. The quantitative estimate of drug-likeness (QED) is 0.578. The number of fused-ring (bicyclic) bond motifs is 2. The molecule has 1 heterocycles. The van der Waals surface area contributed by atoms with Crippen molar-refractivity contribution in [2.75, 3.05) is 0 Å². The fraction of sp³-hybridized carbons (Fsp3) is 0. The number of tetrazole rings is 1. The summed E-state index contributed by atoms with van der Waals surface area (Å²) >= 11 is 0. The summed E-state index contributed by atoms with van der Waals surface area (Å²) in [5.41, 5.74) is 5.84. The molecule has 3 aromatic rings. The number of benzene rings is 2. The van der Waals surface area contributed by atoms with E-state index < -0.39 is 0 Å². The predicted octanol–water partition coefficient (Wildman–Crippen LogP) is 3.27. The van der Waals surface area contributed by atoms with Crippen LogP contribution >= 0.6 is 0 Å². The van der Waals surface area contributed by atoms with Gasteiger partial charge in [-0.2, -0.15) is 0 Å². The number of rotatable bonds is 1. The molecule has 1 aromatic heterocycles. The van der Waals surface area contributed by atoms with Crippen LogP contribution < -0.4 is 0 Å². The summed E-state index contributed by atoms with van der Waals surface area (Å²) in [6.45, 7) is 0. The first-order chi connectivity index (χ1) is 10.4. The molecule has 4 heteroatoms. The molecule has 100 valence electrons. The number of aromatic nitrogens is 4. The van der Waals surface area contributed by atoms with Gasteiger partial charge in [-0.25, -0.2) is 5.10 Å². The van der Waals surface area contributed by atoms with E-state index in [0.717, 1.165) is 5.57 Å². The van der Waals surface area contributed by atoms with Crippen molar-refractivity contribution in [2.45, 2.75) is 0 Å². The molecule has 0 bridgehead atoms. The van der Waals surface area contributed by atoms with E-state index >= 15 is 0 Å². The lowest BCUT2D eigenvalue weighted by Crippen LogP contribution is -1.92. The number of nitrogens with zero attached hydrogens (tertiary/aromatic N) is 3. The molecular weight excluding hydrogens is 260 g/mol. The van der Waals surface area contributed by atoms with Crippen LogP contribution in [-0.4, -0.2) is 20.6 Å². The van der Waals surface area contributed by atoms with E-state index in [1.807, 2.05) is 30.3 Å². The number of aromatic amines is 1. The zero-order valence-corrected chi connectivity index (χ0v) is 11.2. The topological polar surface area (TPSA) is 54.5 Å².